The molecule has 0 unspecified atom stereocenters. The van der Waals surface area contributed by atoms with E-state index in [4.69, 9.17) is 4.43 Å². The van der Waals surface area contributed by atoms with Crippen LogP contribution in [0.5, 0.6) is 0 Å². The SMILES string of the molecule is COC(=O)C=CC[C@H]1CCCC[C@@H]1O[Si](C)(C)C(C)(C)C. The molecule has 0 aromatic carbocycles. The van der Waals surface area contributed by atoms with Crippen LogP contribution in [-0.4, -0.2) is 27.5 Å². The quantitative estimate of drug-likeness (QED) is 0.420. The minimum atomic E-state index is -1.72. The van der Waals surface area contributed by atoms with Crippen molar-refractivity contribution in [2.45, 2.75) is 77.1 Å². The third-order valence-electron chi connectivity index (χ3n) is 4.99. The average Bonchev–Trinajstić information content (AvgIpc) is 2.38. The molecular formula is C17H32O3Si. The molecule has 4 heteroatoms. The molecule has 1 aliphatic carbocycles. The maximum Gasteiger partial charge on any atom is 0.330 e. The van der Waals surface area contributed by atoms with Gasteiger partial charge >= 0.3 is 5.97 Å². The van der Waals surface area contributed by atoms with E-state index in [1.54, 1.807) is 0 Å². The largest absolute Gasteiger partial charge is 0.466 e. The Balaban J connectivity index is 2.65. The van der Waals surface area contributed by atoms with Gasteiger partial charge in [0.2, 0.25) is 0 Å². The van der Waals surface area contributed by atoms with E-state index in [2.05, 4.69) is 38.6 Å². The van der Waals surface area contributed by atoms with E-state index in [0.29, 0.717) is 12.0 Å². The zero-order valence-corrected chi connectivity index (χ0v) is 15.6. The summed E-state index contributed by atoms with van der Waals surface area (Å²) in [4.78, 5) is 11.2. The molecule has 1 rings (SSSR count). The molecule has 2 atom stereocenters. The fourth-order valence-corrected chi connectivity index (χ4v) is 3.98. The Labute approximate surface area is 131 Å². The normalized spacial score (nSPS) is 24.3. The van der Waals surface area contributed by atoms with E-state index in [-0.39, 0.29) is 11.0 Å². The zero-order valence-electron chi connectivity index (χ0n) is 14.6. The number of esters is 1. The molecule has 0 saturated heterocycles. The number of ether oxygens (including phenoxy) is 1. The van der Waals surface area contributed by atoms with Crippen LogP contribution in [0.15, 0.2) is 12.2 Å². The summed E-state index contributed by atoms with van der Waals surface area (Å²) < 4.78 is 11.3. The highest BCUT2D eigenvalue weighted by Gasteiger charge is 2.40. The Hall–Kier alpha value is -0.613. The van der Waals surface area contributed by atoms with Gasteiger partial charge in [-0.3, -0.25) is 0 Å². The lowest BCUT2D eigenvalue weighted by atomic mass is 9.84. The van der Waals surface area contributed by atoms with Gasteiger partial charge in [0.25, 0.3) is 0 Å². The number of methoxy groups -OCH3 is 1. The van der Waals surface area contributed by atoms with Crippen molar-refractivity contribution in [3.8, 4) is 0 Å². The maximum absolute atomic E-state index is 11.2. The standard InChI is InChI=1S/C17H32O3Si/c1-17(2,3)21(5,6)20-15-12-8-7-10-14(15)11-9-13-16(18)19-4/h9,13-15H,7-8,10-12H2,1-6H3/t14-,15+/m1/s1. The van der Waals surface area contributed by atoms with Gasteiger partial charge in [-0.2, -0.15) is 0 Å². The van der Waals surface area contributed by atoms with Crippen LogP contribution >= 0.6 is 0 Å². The summed E-state index contributed by atoms with van der Waals surface area (Å²) >= 11 is 0. The Morgan fingerprint density at radius 1 is 1.24 bits per heavy atom. The number of hydrogen-bond donors (Lipinski definition) is 0. The summed E-state index contributed by atoms with van der Waals surface area (Å²) in [7, 11) is -0.304. The Bertz CT molecular complexity index is 369. The van der Waals surface area contributed by atoms with Gasteiger partial charge in [0.1, 0.15) is 0 Å². The maximum atomic E-state index is 11.2. The zero-order chi connectivity index (χ0) is 16.1. The Morgan fingerprint density at radius 2 is 1.86 bits per heavy atom. The second-order valence-corrected chi connectivity index (χ2v) is 12.4. The van der Waals surface area contributed by atoms with E-state index in [1.807, 2.05) is 6.08 Å². The van der Waals surface area contributed by atoms with Gasteiger partial charge in [0.05, 0.1) is 7.11 Å². The molecule has 1 fully saturated rings. The predicted molar refractivity (Wildman–Crippen MR) is 89.8 cm³/mol. The van der Waals surface area contributed by atoms with E-state index in [9.17, 15) is 4.79 Å². The Kier molecular flexibility index (Phi) is 6.66. The monoisotopic (exact) mass is 312 g/mol. The number of carbonyl (C=O) groups is 1. The van der Waals surface area contributed by atoms with Crippen molar-refractivity contribution in [2.24, 2.45) is 5.92 Å². The molecule has 1 aliphatic rings. The smallest absolute Gasteiger partial charge is 0.330 e. The molecule has 0 aromatic rings. The lowest BCUT2D eigenvalue weighted by Crippen LogP contribution is -2.46. The third kappa shape index (κ3) is 5.59. The third-order valence-corrected chi connectivity index (χ3v) is 9.49. The van der Waals surface area contributed by atoms with Gasteiger partial charge in [-0.05, 0) is 43.3 Å². The topological polar surface area (TPSA) is 35.5 Å². The highest BCUT2D eigenvalue weighted by Crippen LogP contribution is 2.40. The summed E-state index contributed by atoms with van der Waals surface area (Å²) in [5, 5.41) is 0.247. The van der Waals surface area contributed by atoms with Crippen LogP contribution in [0, 0.1) is 5.92 Å². The van der Waals surface area contributed by atoms with Crippen LogP contribution < -0.4 is 0 Å². The van der Waals surface area contributed by atoms with Crippen LogP contribution in [0.4, 0.5) is 0 Å². The highest BCUT2D eigenvalue weighted by molar-refractivity contribution is 6.74. The predicted octanol–water partition coefficient (Wildman–Crippen LogP) is 4.69. The van der Waals surface area contributed by atoms with Gasteiger partial charge in [-0.15, -0.1) is 0 Å². The first-order chi connectivity index (χ1) is 9.67. The van der Waals surface area contributed by atoms with E-state index in [0.717, 1.165) is 12.8 Å². The van der Waals surface area contributed by atoms with Crippen molar-refractivity contribution < 1.29 is 14.0 Å². The minimum Gasteiger partial charge on any atom is -0.466 e. The van der Waals surface area contributed by atoms with Crippen molar-refractivity contribution in [1.29, 1.82) is 0 Å². The molecule has 0 spiro atoms. The minimum absolute atomic E-state index is 0.247. The second kappa shape index (κ2) is 7.59. The summed E-state index contributed by atoms with van der Waals surface area (Å²) in [6.45, 7) is 11.5. The molecule has 0 heterocycles. The molecule has 0 bridgehead atoms. The van der Waals surface area contributed by atoms with Crippen LogP contribution in [-0.2, 0) is 14.0 Å². The molecule has 0 aliphatic heterocycles. The van der Waals surface area contributed by atoms with E-state index < -0.39 is 8.32 Å². The molecule has 21 heavy (non-hydrogen) atoms. The number of hydrogen-bond acceptors (Lipinski definition) is 3. The number of carbonyl (C=O) groups excluding carboxylic acids is 1. The summed E-state index contributed by atoms with van der Waals surface area (Å²) in [6.07, 6.45) is 9.64. The summed E-state index contributed by atoms with van der Waals surface area (Å²) in [5.74, 6) is 0.265. The van der Waals surface area contributed by atoms with Crippen LogP contribution in [0.3, 0.4) is 0 Å². The highest BCUT2D eigenvalue weighted by atomic mass is 28.4. The van der Waals surface area contributed by atoms with Crippen molar-refractivity contribution in [3.05, 3.63) is 12.2 Å². The van der Waals surface area contributed by atoms with Crippen molar-refractivity contribution in [1.82, 2.24) is 0 Å². The van der Waals surface area contributed by atoms with Crippen molar-refractivity contribution >= 4 is 14.3 Å². The fraction of sp³-hybridized carbons (Fsp3) is 0.824. The first-order valence-corrected chi connectivity index (χ1v) is 11.0. The number of allylic oxidation sites excluding steroid dienone is 1. The Morgan fingerprint density at radius 3 is 2.43 bits per heavy atom. The summed E-state index contributed by atoms with van der Waals surface area (Å²) in [5.41, 5.74) is 0. The van der Waals surface area contributed by atoms with Gasteiger partial charge in [0, 0.05) is 12.2 Å². The molecule has 3 nitrogen and oxygen atoms in total. The van der Waals surface area contributed by atoms with Gasteiger partial charge in [-0.25, -0.2) is 4.79 Å². The van der Waals surface area contributed by atoms with Gasteiger partial charge < -0.3 is 9.16 Å². The first-order valence-electron chi connectivity index (χ1n) is 8.09. The van der Waals surface area contributed by atoms with Crippen molar-refractivity contribution in [3.63, 3.8) is 0 Å². The first kappa shape index (κ1) is 18.4. The second-order valence-electron chi connectivity index (χ2n) is 7.62. The molecule has 1 saturated carbocycles. The van der Waals surface area contributed by atoms with E-state index >= 15 is 0 Å². The summed E-state index contributed by atoms with van der Waals surface area (Å²) in [6, 6.07) is 0. The fourth-order valence-electron chi connectivity index (χ4n) is 2.56. The van der Waals surface area contributed by atoms with Crippen molar-refractivity contribution in [2.75, 3.05) is 7.11 Å². The van der Waals surface area contributed by atoms with Crippen LogP contribution in [0.1, 0.15) is 52.9 Å². The molecule has 0 aromatic heterocycles. The number of rotatable bonds is 5. The lowest BCUT2D eigenvalue weighted by molar-refractivity contribution is -0.134. The molecule has 0 amide bonds. The van der Waals surface area contributed by atoms with Gasteiger partial charge in [-0.1, -0.05) is 39.7 Å². The average molecular weight is 313 g/mol. The molecule has 0 radical (unpaired) electrons. The van der Waals surface area contributed by atoms with Gasteiger partial charge in [0.15, 0.2) is 8.32 Å². The molecule has 0 N–H and O–H groups in total. The van der Waals surface area contributed by atoms with Crippen LogP contribution in [0.25, 0.3) is 0 Å². The molecule has 122 valence electrons. The van der Waals surface area contributed by atoms with Crippen LogP contribution in [0.2, 0.25) is 18.1 Å². The molecular weight excluding hydrogens is 280 g/mol. The van der Waals surface area contributed by atoms with E-state index in [1.165, 1.54) is 32.4 Å². The lowest BCUT2D eigenvalue weighted by Gasteiger charge is -2.43.